The second kappa shape index (κ2) is 7.79. The quantitative estimate of drug-likeness (QED) is 0.791. The highest BCUT2D eigenvalue weighted by Crippen LogP contribution is 2.15. The largest absolute Gasteiger partial charge is 0.484 e. The number of aliphatic hydroxyl groups excluding tert-OH is 1. The van der Waals surface area contributed by atoms with Gasteiger partial charge in [0, 0.05) is 6.54 Å². The van der Waals surface area contributed by atoms with Crippen molar-refractivity contribution in [2.75, 3.05) is 13.2 Å². The molecule has 2 atom stereocenters. The lowest BCUT2D eigenvalue weighted by Gasteiger charge is -2.14. The van der Waals surface area contributed by atoms with Crippen molar-refractivity contribution in [3.05, 3.63) is 29.8 Å². The van der Waals surface area contributed by atoms with E-state index in [1.807, 2.05) is 38.1 Å². The van der Waals surface area contributed by atoms with Crippen LogP contribution in [-0.2, 0) is 4.79 Å². The van der Waals surface area contributed by atoms with Crippen molar-refractivity contribution < 1.29 is 14.6 Å². The van der Waals surface area contributed by atoms with E-state index < -0.39 is 0 Å². The summed E-state index contributed by atoms with van der Waals surface area (Å²) in [5, 5.41) is 12.0. The van der Waals surface area contributed by atoms with Crippen LogP contribution in [0.4, 0.5) is 0 Å². The Morgan fingerprint density at radius 2 is 2.05 bits per heavy atom. The summed E-state index contributed by atoms with van der Waals surface area (Å²) in [4.78, 5) is 11.6. The molecule has 1 aromatic rings. The molecule has 0 saturated heterocycles. The lowest BCUT2D eigenvalue weighted by atomic mass is 10.1. The minimum atomic E-state index is -0.338. The van der Waals surface area contributed by atoms with E-state index in [1.54, 1.807) is 6.92 Å². The molecule has 4 heteroatoms. The van der Waals surface area contributed by atoms with E-state index in [4.69, 9.17) is 4.74 Å². The molecule has 0 aliphatic rings. The summed E-state index contributed by atoms with van der Waals surface area (Å²) < 4.78 is 5.45. The minimum absolute atomic E-state index is 0.0201. The monoisotopic (exact) mass is 265 g/mol. The standard InChI is InChI=1S/C15H23NO3/c1-11(8-13(3)17)9-16-15(18)10-19-14-7-5-4-6-12(14)2/h4-7,11,13,17H,8-10H2,1-3H3,(H,16,18). The highest BCUT2D eigenvalue weighted by molar-refractivity contribution is 5.77. The van der Waals surface area contributed by atoms with Gasteiger partial charge in [0.05, 0.1) is 6.10 Å². The average Bonchev–Trinajstić information content (AvgIpc) is 2.34. The van der Waals surface area contributed by atoms with Gasteiger partial charge in [0.15, 0.2) is 6.61 Å². The zero-order chi connectivity index (χ0) is 14.3. The van der Waals surface area contributed by atoms with Crippen LogP contribution in [0, 0.1) is 12.8 Å². The first-order valence-corrected chi connectivity index (χ1v) is 6.62. The molecule has 2 N–H and O–H groups in total. The number of amides is 1. The van der Waals surface area contributed by atoms with E-state index in [0.29, 0.717) is 13.0 Å². The highest BCUT2D eigenvalue weighted by atomic mass is 16.5. The van der Waals surface area contributed by atoms with Gasteiger partial charge in [-0.1, -0.05) is 25.1 Å². The van der Waals surface area contributed by atoms with Crippen molar-refractivity contribution in [1.82, 2.24) is 5.32 Å². The molecule has 0 spiro atoms. The number of carbonyl (C=O) groups is 1. The van der Waals surface area contributed by atoms with Gasteiger partial charge in [0.1, 0.15) is 5.75 Å². The van der Waals surface area contributed by atoms with Crippen molar-refractivity contribution in [2.45, 2.75) is 33.3 Å². The van der Waals surface area contributed by atoms with Crippen molar-refractivity contribution in [3.63, 3.8) is 0 Å². The van der Waals surface area contributed by atoms with Crippen LogP contribution in [0.2, 0.25) is 0 Å². The Morgan fingerprint density at radius 1 is 1.37 bits per heavy atom. The number of para-hydroxylation sites is 1. The van der Waals surface area contributed by atoms with Crippen LogP contribution < -0.4 is 10.1 Å². The molecule has 1 rings (SSSR count). The molecule has 19 heavy (non-hydrogen) atoms. The first-order valence-electron chi connectivity index (χ1n) is 6.62. The molecule has 106 valence electrons. The second-order valence-corrected chi connectivity index (χ2v) is 5.05. The van der Waals surface area contributed by atoms with Gasteiger partial charge < -0.3 is 15.2 Å². The van der Waals surface area contributed by atoms with Crippen molar-refractivity contribution in [1.29, 1.82) is 0 Å². The summed E-state index contributed by atoms with van der Waals surface area (Å²) in [5.41, 5.74) is 1.01. The number of benzene rings is 1. The topological polar surface area (TPSA) is 58.6 Å². The molecule has 4 nitrogen and oxygen atoms in total. The van der Waals surface area contributed by atoms with Crippen LogP contribution in [0.25, 0.3) is 0 Å². The maximum absolute atomic E-state index is 11.6. The van der Waals surface area contributed by atoms with E-state index >= 15 is 0 Å². The SMILES string of the molecule is Cc1ccccc1OCC(=O)NCC(C)CC(C)O. The van der Waals surface area contributed by atoms with Crippen molar-refractivity contribution in [3.8, 4) is 5.75 Å². The van der Waals surface area contributed by atoms with E-state index in [2.05, 4.69) is 5.32 Å². The van der Waals surface area contributed by atoms with Gasteiger partial charge in [-0.15, -0.1) is 0 Å². The third-order valence-electron chi connectivity index (χ3n) is 2.84. The minimum Gasteiger partial charge on any atom is -0.484 e. The van der Waals surface area contributed by atoms with E-state index in [0.717, 1.165) is 11.3 Å². The number of hydrogen-bond acceptors (Lipinski definition) is 3. The zero-order valence-electron chi connectivity index (χ0n) is 11.8. The Kier molecular flexibility index (Phi) is 6.36. The number of aliphatic hydroxyl groups is 1. The molecule has 0 fully saturated rings. The molecule has 1 amide bonds. The molecule has 0 radical (unpaired) electrons. The Labute approximate surface area is 114 Å². The number of rotatable bonds is 7. The molecule has 0 aliphatic carbocycles. The Bertz CT molecular complexity index is 404. The van der Waals surface area contributed by atoms with Gasteiger partial charge in [0.25, 0.3) is 5.91 Å². The molecule has 0 bridgehead atoms. The second-order valence-electron chi connectivity index (χ2n) is 5.05. The molecule has 2 unspecified atom stereocenters. The van der Waals surface area contributed by atoms with Gasteiger partial charge in [-0.3, -0.25) is 4.79 Å². The molecule has 0 aliphatic heterocycles. The van der Waals surface area contributed by atoms with Crippen molar-refractivity contribution >= 4 is 5.91 Å². The first kappa shape index (κ1) is 15.5. The number of nitrogens with one attached hydrogen (secondary N) is 1. The van der Waals surface area contributed by atoms with Crippen LogP contribution in [0.3, 0.4) is 0 Å². The normalized spacial score (nSPS) is 13.7. The average molecular weight is 265 g/mol. The van der Waals surface area contributed by atoms with Gasteiger partial charge >= 0.3 is 0 Å². The van der Waals surface area contributed by atoms with E-state index in [9.17, 15) is 9.90 Å². The van der Waals surface area contributed by atoms with Gasteiger partial charge in [0.2, 0.25) is 0 Å². The first-order chi connectivity index (χ1) is 8.99. The van der Waals surface area contributed by atoms with E-state index in [-0.39, 0.29) is 24.5 Å². The molecule has 0 heterocycles. The summed E-state index contributed by atoms with van der Waals surface area (Å²) in [5.74, 6) is 0.845. The van der Waals surface area contributed by atoms with Crippen LogP contribution in [0.5, 0.6) is 5.75 Å². The molecule has 0 aromatic heterocycles. The van der Waals surface area contributed by atoms with Crippen LogP contribution in [0.1, 0.15) is 25.8 Å². The summed E-state index contributed by atoms with van der Waals surface area (Å²) in [6.07, 6.45) is 0.342. The maximum atomic E-state index is 11.6. The number of hydrogen-bond donors (Lipinski definition) is 2. The zero-order valence-corrected chi connectivity index (χ0v) is 11.8. The number of carbonyl (C=O) groups excluding carboxylic acids is 1. The van der Waals surface area contributed by atoms with Gasteiger partial charge in [-0.2, -0.15) is 0 Å². The van der Waals surface area contributed by atoms with Crippen LogP contribution in [-0.4, -0.2) is 30.3 Å². The lowest BCUT2D eigenvalue weighted by molar-refractivity contribution is -0.123. The van der Waals surface area contributed by atoms with Gasteiger partial charge in [-0.25, -0.2) is 0 Å². The maximum Gasteiger partial charge on any atom is 0.257 e. The summed E-state index contributed by atoms with van der Waals surface area (Å²) in [6, 6.07) is 7.60. The molecule has 0 saturated carbocycles. The fourth-order valence-electron chi connectivity index (χ4n) is 1.87. The predicted octanol–water partition coefficient (Wildman–Crippen LogP) is 1.90. The Morgan fingerprint density at radius 3 is 2.68 bits per heavy atom. The Hall–Kier alpha value is -1.55. The molecular formula is C15H23NO3. The lowest BCUT2D eigenvalue weighted by Crippen LogP contribution is -2.33. The number of ether oxygens (including phenoxy) is 1. The van der Waals surface area contributed by atoms with E-state index in [1.165, 1.54) is 0 Å². The van der Waals surface area contributed by atoms with Crippen LogP contribution >= 0.6 is 0 Å². The third-order valence-corrected chi connectivity index (χ3v) is 2.84. The third kappa shape index (κ3) is 6.25. The molecule has 1 aromatic carbocycles. The number of aryl methyl sites for hydroxylation is 1. The predicted molar refractivity (Wildman–Crippen MR) is 75.1 cm³/mol. The summed E-state index contributed by atoms with van der Waals surface area (Å²) in [6.45, 7) is 6.26. The fraction of sp³-hybridized carbons (Fsp3) is 0.533. The van der Waals surface area contributed by atoms with Crippen LogP contribution in [0.15, 0.2) is 24.3 Å². The van der Waals surface area contributed by atoms with Crippen molar-refractivity contribution in [2.24, 2.45) is 5.92 Å². The molecular weight excluding hydrogens is 242 g/mol. The van der Waals surface area contributed by atoms with Gasteiger partial charge in [-0.05, 0) is 37.8 Å². The highest BCUT2D eigenvalue weighted by Gasteiger charge is 2.09. The fourth-order valence-corrected chi connectivity index (χ4v) is 1.87. The summed E-state index contributed by atoms with van der Waals surface area (Å²) in [7, 11) is 0. The Balaban J connectivity index is 2.27. The smallest absolute Gasteiger partial charge is 0.257 e. The summed E-state index contributed by atoms with van der Waals surface area (Å²) >= 11 is 0.